The molecule has 7 nitrogen and oxygen atoms in total. The van der Waals surface area contributed by atoms with Crippen molar-refractivity contribution >= 4 is 5.91 Å². The van der Waals surface area contributed by atoms with Crippen molar-refractivity contribution < 1.29 is 4.79 Å². The Morgan fingerprint density at radius 1 is 1.08 bits per heavy atom. The third-order valence-corrected chi connectivity index (χ3v) is 4.45. The van der Waals surface area contributed by atoms with E-state index in [-0.39, 0.29) is 5.91 Å². The molecule has 0 saturated carbocycles. The van der Waals surface area contributed by atoms with E-state index in [1.54, 1.807) is 9.70 Å². The van der Waals surface area contributed by atoms with E-state index in [1.165, 1.54) is 0 Å². The number of amides is 1. The number of carbonyl (C=O) groups is 1. The number of likely N-dealkylation sites (N-methyl/N-ethyl adjacent to an activating group) is 1. The van der Waals surface area contributed by atoms with E-state index in [4.69, 9.17) is 0 Å². The van der Waals surface area contributed by atoms with Gasteiger partial charge in [0.15, 0.2) is 0 Å². The Morgan fingerprint density at radius 2 is 1.80 bits per heavy atom. The fourth-order valence-corrected chi connectivity index (χ4v) is 2.96. The number of aromatic nitrogens is 3. The van der Waals surface area contributed by atoms with Crippen LogP contribution in [-0.2, 0) is 11.3 Å². The van der Waals surface area contributed by atoms with Crippen molar-refractivity contribution in [2.45, 2.75) is 13.0 Å². The molecule has 0 spiro atoms. The summed E-state index contributed by atoms with van der Waals surface area (Å²) >= 11 is 0. The molecular formula is C18H26N6O. The van der Waals surface area contributed by atoms with Gasteiger partial charge in [0.2, 0.25) is 5.91 Å². The lowest BCUT2D eigenvalue weighted by molar-refractivity contribution is -0.129. The zero-order valence-corrected chi connectivity index (χ0v) is 15.0. The van der Waals surface area contributed by atoms with Crippen molar-refractivity contribution in [1.29, 1.82) is 0 Å². The fraction of sp³-hybridized carbons (Fsp3) is 0.500. The summed E-state index contributed by atoms with van der Waals surface area (Å²) in [6.07, 6.45) is 2.90. The molecule has 1 saturated heterocycles. The van der Waals surface area contributed by atoms with Gasteiger partial charge in [-0.05, 0) is 31.6 Å². The summed E-state index contributed by atoms with van der Waals surface area (Å²) in [5.41, 5.74) is 1.94. The maximum absolute atomic E-state index is 11.9. The number of hydrogen-bond acceptors (Lipinski definition) is 5. The average molecular weight is 342 g/mol. The van der Waals surface area contributed by atoms with Crippen LogP contribution in [0.1, 0.15) is 12.1 Å². The summed E-state index contributed by atoms with van der Waals surface area (Å²) in [5.74, 6) is 0.166. The number of carbonyl (C=O) groups excluding carboxylic acids is 1. The van der Waals surface area contributed by atoms with Crippen LogP contribution in [0.15, 0.2) is 36.5 Å². The van der Waals surface area contributed by atoms with Gasteiger partial charge in [-0.25, -0.2) is 0 Å². The van der Waals surface area contributed by atoms with Gasteiger partial charge in [-0.1, -0.05) is 18.2 Å². The topological polar surface area (TPSA) is 57.5 Å². The highest BCUT2D eigenvalue weighted by Crippen LogP contribution is 2.09. The van der Waals surface area contributed by atoms with Crippen LogP contribution in [-0.4, -0.2) is 82.4 Å². The minimum absolute atomic E-state index is 0.166. The molecule has 1 aromatic carbocycles. The molecule has 0 atom stereocenters. The quantitative estimate of drug-likeness (QED) is 0.807. The van der Waals surface area contributed by atoms with E-state index in [1.807, 2.05) is 50.6 Å². The van der Waals surface area contributed by atoms with Crippen molar-refractivity contribution in [3.63, 3.8) is 0 Å². The van der Waals surface area contributed by atoms with Gasteiger partial charge in [0.25, 0.3) is 0 Å². The second-order valence-corrected chi connectivity index (χ2v) is 6.65. The maximum atomic E-state index is 11.9. The van der Waals surface area contributed by atoms with E-state index < -0.39 is 0 Å². The van der Waals surface area contributed by atoms with Gasteiger partial charge in [-0.2, -0.15) is 15.0 Å². The lowest BCUT2D eigenvalue weighted by atomic mass is 10.3. The minimum atomic E-state index is 0.166. The van der Waals surface area contributed by atoms with Crippen molar-refractivity contribution in [3.05, 3.63) is 42.2 Å². The van der Waals surface area contributed by atoms with Crippen LogP contribution in [0.25, 0.3) is 5.69 Å². The molecule has 1 aliphatic rings. The number of rotatable bonds is 5. The van der Waals surface area contributed by atoms with Crippen LogP contribution in [0, 0.1) is 0 Å². The third-order valence-electron chi connectivity index (χ3n) is 4.45. The second-order valence-electron chi connectivity index (χ2n) is 6.65. The molecule has 0 aliphatic carbocycles. The molecule has 2 aromatic rings. The van der Waals surface area contributed by atoms with E-state index >= 15 is 0 Å². The van der Waals surface area contributed by atoms with Crippen LogP contribution in [0.3, 0.4) is 0 Å². The highest BCUT2D eigenvalue weighted by atomic mass is 16.2. The molecule has 0 unspecified atom stereocenters. The van der Waals surface area contributed by atoms with Crippen molar-refractivity contribution in [1.82, 2.24) is 29.7 Å². The highest BCUT2D eigenvalue weighted by molar-refractivity contribution is 5.77. The first-order valence-electron chi connectivity index (χ1n) is 8.73. The largest absolute Gasteiger partial charge is 0.348 e. The number of hydrogen-bond donors (Lipinski definition) is 0. The molecule has 0 N–H and O–H groups in total. The maximum Gasteiger partial charge on any atom is 0.236 e. The molecule has 1 amide bonds. The summed E-state index contributed by atoms with van der Waals surface area (Å²) in [5, 5.41) is 8.95. The Morgan fingerprint density at radius 3 is 2.56 bits per heavy atom. The normalized spacial score (nSPS) is 16.6. The fourth-order valence-electron chi connectivity index (χ4n) is 2.96. The molecule has 7 heteroatoms. The van der Waals surface area contributed by atoms with Crippen LogP contribution in [0.2, 0.25) is 0 Å². The first kappa shape index (κ1) is 17.6. The summed E-state index contributed by atoms with van der Waals surface area (Å²) in [6.45, 7) is 5.14. The number of benzene rings is 1. The molecule has 1 aliphatic heterocycles. The van der Waals surface area contributed by atoms with Gasteiger partial charge in [0.1, 0.15) is 0 Å². The predicted octanol–water partition coefficient (Wildman–Crippen LogP) is 0.863. The van der Waals surface area contributed by atoms with Crippen LogP contribution >= 0.6 is 0 Å². The first-order chi connectivity index (χ1) is 12.1. The molecule has 134 valence electrons. The van der Waals surface area contributed by atoms with Crippen LogP contribution in [0.5, 0.6) is 0 Å². The minimum Gasteiger partial charge on any atom is -0.348 e. The molecule has 0 bridgehead atoms. The Hall–Kier alpha value is -2.25. The molecule has 1 fully saturated rings. The van der Waals surface area contributed by atoms with Gasteiger partial charge in [-0.3, -0.25) is 14.6 Å². The molecule has 1 aromatic heterocycles. The highest BCUT2D eigenvalue weighted by Gasteiger charge is 2.18. The van der Waals surface area contributed by atoms with Crippen LogP contribution in [0.4, 0.5) is 0 Å². The van der Waals surface area contributed by atoms with Gasteiger partial charge >= 0.3 is 0 Å². The Bertz CT molecular complexity index is 684. The summed E-state index contributed by atoms with van der Waals surface area (Å²) in [6, 6.07) is 9.94. The van der Waals surface area contributed by atoms with E-state index in [9.17, 15) is 4.79 Å². The summed E-state index contributed by atoms with van der Waals surface area (Å²) in [7, 11) is 3.62. The van der Waals surface area contributed by atoms with E-state index in [0.717, 1.165) is 50.5 Å². The second kappa shape index (κ2) is 8.22. The van der Waals surface area contributed by atoms with E-state index in [0.29, 0.717) is 6.54 Å². The van der Waals surface area contributed by atoms with Gasteiger partial charge in [0.05, 0.1) is 24.1 Å². The van der Waals surface area contributed by atoms with Gasteiger partial charge in [0, 0.05) is 33.7 Å². The Labute approximate surface area is 148 Å². The van der Waals surface area contributed by atoms with E-state index in [2.05, 4.69) is 20.0 Å². The third kappa shape index (κ3) is 4.87. The zero-order valence-electron chi connectivity index (χ0n) is 15.0. The summed E-state index contributed by atoms with van der Waals surface area (Å²) in [4.78, 5) is 19.8. The SMILES string of the molecule is CN(C)C(=O)CN1CCCN(Cc2cnn(-c3ccccc3)n2)CC1. The molecule has 25 heavy (non-hydrogen) atoms. The zero-order chi connectivity index (χ0) is 17.6. The van der Waals surface area contributed by atoms with Crippen molar-refractivity contribution in [2.75, 3.05) is 46.8 Å². The Kier molecular flexibility index (Phi) is 5.78. The van der Waals surface area contributed by atoms with Gasteiger partial charge in [-0.15, -0.1) is 0 Å². The lowest BCUT2D eigenvalue weighted by Crippen LogP contribution is -2.38. The average Bonchev–Trinajstić information content (AvgIpc) is 2.97. The van der Waals surface area contributed by atoms with Crippen molar-refractivity contribution in [2.24, 2.45) is 0 Å². The number of para-hydroxylation sites is 1. The summed E-state index contributed by atoms with van der Waals surface area (Å²) < 4.78 is 0. The lowest BCUT2D eigenvalue weighted by Gasteiger charge is -2.22. The molecule has 2 heterocycles. The monoisotopic (exact) mass is 342 g/mol. The molecule has 0 radical (unpaired) electrons. The number of nitrogens with zero attached hydrogens (tertiary/aromatic N) is 6. The van der Waals surface area contributed by atoms with Crippen molar-refractivity contribution in [3.8, 4) is 5.69 Å². The molecule has 3 rings (SSSR count). The van der Waals surface area contributed by atoms with Crippen LogP contribution < -0.4 is 0 Å². The predicted molar refractivity (Wildman–Crippen MR) is 96.4 cm³/mol. The standard InChI is InChI=1S/C18H26N6O/c1-21(2)18(25)15-23-10-6-9-22(11-12-23)14-16-13-19-24(20-16)17-7-4-3-5-8-17/h3-5,7-8,13H,6,9-12,14-15H2,1-2H3. The molecular weight excluding hydrogens is 316 g/mol. The smallest absolute Gasteiger partial charge is 0.236 e. The van der Waals surface area contributed by atoms with Gasteiger partial charge < -0.3 is 4.90 Å². The Balaban J connectivity index is 1.54. The first-order valence-corrected chi connectivity index (χ1v) is 8.73.